The quantitative estimate of drug-likeness (QED) is 0.804. The maximum Gasteiger partial charge on any atom is 0.0454 e. The van der Waals surface area contributed by atoms with E-state index in [1.54, 1.807) is 0 Å². The molecule has 0 fully saturated rings. The van der Waals surface area contributed by atoms with Gasteiger partial charge in [0.25, 0.3) is 0 Å². The Bertz CT molecular complexity index is 286. The zero-order valence-electron chi connectivity index (χ0n) is 8.63. The molecule has 0 saturated heterocycles. The smallest absolute Gasteiger partial charge is 0.0454 e. The Morgan fingerprint density at radius 3 is 2.57 bits per heavy atom. The Labute approximate surface area is 90.4 Å². The summed E-state index contributed by atoms with van der Waals surface area (Å²) in [5.74, 6) is 0. The molecule has 1 rings (SSSR count). The lowest BCUT2D eigenvalue weighted by atomic mass is 10.1. The van der Waals surface area contributed by atoms with Gasteiger partial charge in [0.05, 0.1) is 0 Å². The molecule has 0 bridgehead atoms. The molecule has 1 atom stereocenters. The van der Waals surface area contributed by atoms with Crippen LogP contribution in [0.3, 0.4) is 0 Å². The SMILES string of the molecule is CC(C)NCC(N)c1ccccc1Cl. The maximum atomic E-state index is 6.03. The Morgan fingerprint density at radius 2 is 2.00 bits per heavy atom. The van der Waals surface area contributed by atoms with Gasteiger partial charge in [-0.25, -0.2) is 0 Å². The van der Waals surface area contributed by atoms with Gasteiger partial charge in [-0.05, 0) is 11.6 Å². The van der Waals surface area contributed by atoms with Crippen molar-refractivity contribution in [1.29, 1.82) is 0 Å². The molecule has 78 valence electrons. The number of rotatable bonds is 4. The lowest BCUT2D eigenvalue weighted by Crippen LogP contribution is -2.31. The predicted octanol–water partition coefficient (Wildman–Crippen LogP) is 2.34. The third-order valence-corrected chi connectivity index (χ3v) is 2.39. The Balaban J connectivity index is 2.60. The van der Waals surface area contributed by atoms with E-state index < -0.39 is 0 Å². The molecule has 0 aromatic heterocycles. The molecule has 0 spiro atoms. The molecule has 0 radical (unpaired) electrons. The van der Waals surface area contributed by atoms with Crippen LogP contribution in [0.5, 0.6) is 0 Å². The van der Waals surface area contributed by atoms with Crippen LogP contribution in [0.15, 0.2) is 24.3 Å². The highest BCUT2D eigenvalue weighted by molar-refractivity contribution is 6.31. The molecule has 3 heteroatoms. The molecule has 0 aliphatic heterocycles. The summed E-state index contributed by atoms with van der Waals surface area (Å²) < 4.78 is 0. The van der Waals surface area contributed by atoms with Crippen LogP contribution in [-0.2, 0) is 0 Å². The third-order valence-electron chi connectivity index (χ3n) is 2.05. The van der Waals surface area contributed by atoms with Crippen molar-refractivity contribution in [3.8, 4) is 0 Å². The van der Waals surface area contributed by atoms with Crippen LogP contribution >= 0.6 is 11.6 Å². The lowest BCUT2D eigenvalue weighted by Gasteiger charge is -2.16. The zero-order chi connectivity index (χ0) is 10.6. The minimum Gasteiger partial charge on any atom is -0.323 e. The first-order valence-electron chi connectivity index (χ1n) is 4.84. The third kappa shape index (κ3) is 3.29. The van der Waals surface area contributed by atoms with Crippen molar-refractivity contribution in [3.05, 3.63) is 34.9 Å². The maximum absolute atomic E-state index is 6.03. The van der Waals surface area contributed by atoms with E-state index in [4.69, 9.17) is 17.3 Å². The van der Waals surface area contributed by atoms with Crippen molar-refractivity contribution in [1.82, 2.24) is 5.32 Å². The molecule has 0 aliphatic carbocycles. The first kappa shape index (κ1) is 11.5. The van der Waals surface area contributed by atoms with Gasteiger partial charge in [-0.15, -0.1) is 0 Å². The molecule has 1 aromatic rings. The molecule has 1 unspecified atom stereocenters. The average molecular weight is 213 g/mol. The van der Waals surface area contributed by atoms with Crippen molar-refractivity contribution in [3.63, 3.8) is 0 Å². The van der Waals surface area contributed by atoms with Crippen LogP contribution < -0.4 is 11.1 Å². The summed E-state index contributed by atoms with van der Waals surface area (Å²) in [4.78, 5) is 0. The van der Waals surface area contributed by atoms with Crippen molar-refractivity contribution in [2.45, 2.75) is 25.9 Å². The van der Waals surface area contributed by atoms with Crippen LogP contribution in [0, 0.1) is 0 Å². The van der Waals surface area contributed by atoms with Crippen molar-refractivity contribution in [2.75, 3.05) is 6.54 Å². The molecule has 0 heterocycles. The van der Waals surface area contributed by atoms with Crippen LogP contribution in [0.1, 0.15) is 25.5 Å². The van der Waals surface area contributed by atoms with Gasteiger partial charge >= 0.3 is 0 Å². The monoisotopic (exact) mass is 212 g/mol. The second-order valence-electron chi connectivity index (χ2n) is 3.69. The highest BCUT2D eigenvalue weighted by atomic mass is 35.5. The number of halogens is 1. The van der Waals surface area contributed by atoms with E-state index in [1.807, 2.05) is 24.3 Å². The fourth-order valence-corrected chi connectivity index (χ4v) is 1.52. The lowest BCUT2D eigenvalue weighted by molar-refractivity contribution is 0.538. The minimum absolute atomic E-state index is 0.0360. The Kier molecular flexibility index (Phi) is 4.39. The van der Waals surface area contributed by atoms with E-state index in [2.05, 4.69) is 19.2 Å². The topological polar surface area (TPSA) is 38.0 Å². The normalized spacial score (nSPS) is 13.2. The zero-order valence-corrected chi connectivity index (χ0v) is 9.38. The van der Waals surface area contributed by atoms with Gasteiger partial charge in [0.1, 0.15) is 0 Å². The molecule has 3 N–H and O–H groups in total. The molecule has 14 heavy (non-hydrogen) atoms. The second kappa shape index (κ2) is 5.35. The molecule has 2 nitrogen and oxygen atoms in total. The number of nitrogens with one attached hydrogen (secondary N) is 1. The average Bonchev–Trinajstić information content (AvgIpc) is 2.15. The van der Waals surface area contributed by atoms with Gasteiger partial charge in [0, 0.05) is 23.7 Å². The van der Waals surface area contributed by atoms with E-state index in [9.17, 15) is 0 Å². The van der Waals surface area contributed by atoms with Gasteiger partial charge in [-0.2, -0.15) is 0 Å². The molecule has 0 saturated carbocycles. The Morgan fingerprint density at radius 1 is 1.36 bits per heavy atom. The van der Waals surface area contributed by atoms with Gasteiger partial charge < -0.3 is 11.1 Å². The molecule has 1 aromatic carbocycles. The molecular weight excluding hydrogens is 196 g/mol. The summed E-state index contributed by atoms with van der Waals surface area (Å²) in [5, 5.41) is 4.03. The number of hydrogen-bond donors (Lipinski definition) is 2. The molecular formula is C11H17ClN2. The summed E-state index contributed by atoms with van der Waals surface area (Å²) in [5.41, 5.74) is 7.00. The van der Waals surface area contributed by atoms with E-state index in [0.29, 0.717) is 6.04 Å². The van der Waals surface area contributed by atoms with E-state index >= 15 is 0 Å². The fraction of sp³-hybridized carbons (Fsp3) is 0.455. The number of hydrogen-bond acceptors (Lipinski definition) is 2. The van der Waals surface area contributed by atoms with Gasteiger partial charge in [-0.3, -0.25) is 0 Å². The van der Waals surface area contributed by atoms with E-state index in [0.717, 1.165) is 17.1 Å². The molecule has 0 aliphatic rings. The van der Waals surface area contributed by atoms with Crippen molar-refractivity contribution < 1.29 is 0 Å². The number of benzene rings is 1. The van der Waals surface area contributed by atoms with Gasteiger partial charge in [0.2, 0.25) is 0 Å². The highest BCUT2D eigenvalue weighted by Crippen LogP contribution is 2.20. The summed E-state index contributed by atoms with van der Waals surface area (Å²) in [6, 6.07) is 8.11. The van der Waals surface area contributed by atoms with Crippen LogP contribution in [0.4, 0.5) is 0 Å². The highest BCUT2D eigenvalue weighted by Gasteiger charge is 2.09. The predicted molar refractivity (Wildman–Crippen MR) is 61.5 cm³/mol. The summed E-state index contributed by atoms with van der Waals surface area (Å²) in [6.07, 6.45) is 0. The first-order valence-corrected chi connectivity index (χ1v) is 5.22. The van der Waals surface area contributed by atoms with Crippen LogP contribution in [0.2, 0.25) is 5.02 Å². The Hall–Kier alpha value is -0.570. The van der Waals surface area contributed by atoms with Gasteiger partial charge in [0.15, 0.2) is 0 Å². The van der Waals surface area contributed by atoms with Crippen LogP contribution in [-0.4, -0.2) is 12.6 Å². The second-order valence-corrected chi connectivity index (χ2v) is 4.10. The summed E-state index contributed by atoms with van der Waals surface area (Å²) in [6.45, 7) is 4.94. The van der Waals surface area contributed by atoms with E-state index in [-0.39, 0.29) is 6.04 Å². The summed E-state index contributed by atoms with van der Waals surface area (Å²) >= 11 is 6.03. The minimum atomic E-state index is -0.0360. The largest absolute Gasteiger partial charge is 0.323 e. The molecule has 0 amide bonds. The standard InChI is InChI=1S/C11H17ClN2/c1-8(2)14-7-11(13)9-5-3-4-6-10(9)12/h3-6,8,11,14H,7,13H2,1-2H3. The summed E-state index contributed by atoms with van der Waals surface area (Å²) in [7, 11) is 0. The van der Waals surface area contributed by atoms with E-state index in [1.165, 1.54) is 0 Å². The van der Waals surface area contributed by atoms with Crippen molar-refractivity contribution >= 4 is 11.6 Å². The van der Waals surface area contributed by atoms with Gasteiger partial charge in [-0.1, -0.05) is 43.6 Å². The first-order chi connectivity index (χ1) is 6.61. The number of nitrogens with two attached hydrogens (primary N) is 1. The van der Waals surface area contributed by atoms with Crippen LogP contribution in [0.25, 0.3) is 0 Å². The van der Waals surface area contributed by atoms with Crippen molar-refractivity contribution in [2.24, 2.45) is 5.73 Å². The fourth-order valence-electron chi connectivity index (χ4n) is 1.25.